The van der Waals surface area contributed by atoms with Crippen molar-refractivity contribution in [3.63, 3.8) is 0 Å². The van der Waals surface area contributed by atoms with Gasteiger partial charge in [0.15, 0.2) is 5.96 Å². The van der Waals surface area contributed by atoms with Crippen LogP contribution in [0.25, 0.3) is 0 Å². The van der Waals surface area contributed by atoms with Crippen molar-refractivity contribution in [3.8, 4) is 28.7 Å². The highest BCUT2D eigenvalue weighted by molar-refractivity contribution is 14.0. The number of halogens is 1. The lowest BCUT2D eigenvalue weighted by molar-refractivity contribution is 0.368. The van der Waals surface area contributed by atoms with Crippen molar-refractivity contribution >= 4 is 29.9 Å². The Morgan fingerprint density at radius 3 is 1.94 bits per heavy atom. The van der Waals surface area contributed by atoms with E-state index in [4.69, 9.17) is 23.7 Å². The summed E-state index contributed by atoms with van der Waals surface area (Å²) in [5.41, 5.74) is 1.93. The summed E-state index contributed by atoms with van der Waals surface area (Å²) < 4.78 is 27.2. The molecule has 32 heavy (non-hydrogen) atoms. The Balaban J connectivity index is 0.00000512. The number of benzene rings is 2. The molecule has 2 aromatic carbocycles. The van der Waals surface area contributed by atoms with Crippen molar-refractivity contribution < 1.29 is 23.7 Å². The van der Waals surface area contributed by atoms with Gasteiger partial charge in [-0.05, 0) is 31.5 Å². The summed E-state index contributed by atoms with van der Waals surface area (Å²) in [4.78, 5) is 4.34. The number of nitrogens with zero attached hydrogens (tertiary/aromatic N) is 1. The van der Waals surface area contributed by atoms with E-state index in [9.17, 15) is 0 Å². The lowest BCUT2D eigenvalue weighted by atomic mass is 10.1. The first-order valence-corrected chi connectivity index (χ1v) is 9.99. The standard InChI is InChI=1S/C23H33N3O5.HI/c1-15(19-12-16(27-3)8-9-20(19)29-5)26-23(24-2)25-11-10-18-21(30-6)13-17(28-4)14-22(18)31-7;/h8-9,12-15H,10-11H2,1-7H3,(H2,24,25,26);1H. The quantitative estimate of drug-likeness (QED) is 0.260. The van der Waals surface area contributed by atoms with Crippen molar-refractivity contribution in [1.82, 2.24) is 10.6 Å². The topological polar surface area (TPSA) is 82.6 Å². The molecule has 0 saturated carbocycles. The molecule has 1 atom stereocenters. The molecule has 0 fully saturated rings. The van der Waals surface area contributed by atoms with Crippen LogP contribution >= 0.6 is 24.0 Å². The highest BCUT2D eigenvalue weighted by atomic mass is 127. The molecule has 2 aromatic rings. The SMILES string of the molecule is CN=C(NCCc1c(OC)cc(OC)cc1OC)NC(C)c1cc(OC)ccc1OC.I. The van der Waals surface area contributed by atoms with Crippen LogP contribution in [-0.4, -0.2) is 55.1 Å². The summed E-state index contributed by atoms with van der Waals surface area (Å²) >= 11 is 0. The van der Waals surface area contributed by atoms with E-state index in [2.05, 4.69) is 15.6 Å². The van der Waals surface area contributed by atoms with Gasteiger partial charge in [0.25, 0.3) is 0 Å². The zero-order valence-corrected chi connectivity index (χ0v) is 22.1. The summed E-state index contributed by atoms with van der Waals surface area (Å²) in [5.74, 6) is 4.34. The van der Waals surface area contributed by atoms with Gasteiger partial charge >= 0.3 is 0 Å². The van der Waals surface area contributed by atoms with E-state index in [-0.39, 0.29) is 30.0 Å². The Bertz CT molecular complexity index is 867. The third-order valence-corrected chi connectivity index (χ3v) is 4.96. The predicted molar refractivity (Wildman–Crippen MR) is 138 cm³/mol. The van der Waals surface area contributed by atoms with Crippen molar-refractivity contribution in [2.45, 2.75) is 19.4 Å². The maximum Gasteiger partial charge on any atom is 0.191 e. The monoisotopic (exact) mass is 559 g/mol. The van der Waals surface area contributed by atoms with Crippen LogP contribution in [0.15, 0.2) is 35.3 Å². The fourth-order valence-corrected chi connectivity index (χ4v) is 3.29. The number of rotatable bonds is 10. The molecule has 0 aliphatic heterocycles. The summed E-state index contributed by atoms with van der Waals surface area (Å²) in [6, 6.07) is 9.37. The molecule has 8 nitrogen and oxygen atoms in total. The van der Waals surface area contributed by atoms with Crippen LogP contribution in [0.5, 0.6) is 28.7 Å². The maximum absolute atomic E-state index is 5.52. The molecule has 0 amide bonds. The van der Waals surface area contributed by atoms with E-state index in [0.29, 0.717) is 24.7 Å². The fourth-order valence-electron chi connectivity index (χ4n) is 3.29. The second kappa shape index (κ2) is 13.8. The number of aliphatic imine (C=N–C) groups is 1. The molecule has 0 radical (unpaired) electrons. The van der Waals surface area contributed by atoms with Crippen LogP contribution in [0.1, 0.15) is 24.1 Å². The molecule has 1 unspecified atom stereocenters. The third kappa shape index (κ3) is 6.98. The summed E-state index contributed by atoms with van der Waals surface area (Å²) in [7, 11) is 9.92. The van der Waals surface area contributed by atoms with Crippen molar-refractivity contribution in [2.24, 2.45) is 4.99 Å². The third-order valence-electron chi connectivity index (χ3n) is 4.96. The Hall–Kier alpha value is -2.56. The van der Waals surface area contributed by atoms with E-state index >= 15 is 0 Å². The molecule has 178 valence electrons. The van der Waals surface area contributed by atoms with Gasteiger partial charge in [-0.3, -0.25) is 4.99 Å². The van der Waals surface area contributed by atoms with Crippen LogP contribution in [0.3, 0.4) is 0 Å². The lowest BCUT2D eigenvalue weighted by Crippen LogP contribution is -2.39. The van der Waals surface area contributed by atoms with Gasteiger partial charge < -0.3 is 34.3 Å². The van der Waals surface area contributed by atoms with Gasteiger partial charge in [0.1, 0.15) is 28.7 Å². The molecule has 0 spiro atoms. The van der Waals surface area contributed by atoms with Gasteiger partial charge in [0.05, 0.1) is 41.6 Å². The molecule has 2 rings (SSSR count). The summed E-state index contributed by atoms with van der Waals surface area (Å²) in [6.07, 6.45) is 0.675. The lowest BCUT2D eigenvalue weighted by Gasteiger charge is -2.21. The second-order valence-electron chi connectivity index (χ2n) is 6.73. The number of hydrogen-bond acceptors (Lipinski definition) is 6. The number of hydrogen-bond donors (Lipinski definition) is 2. The van der Waals surface area contributed by atoms with E-state index in [1.165, 1.54) is 0 Å². The molecule has 0 saturated heterocycles. The Morgan fingerprint density at radius 1 is 0.844 bits per heavy atom. The Labute approximate surface area is 207 Å². The first-order valence-electron chi connectivity index (χ1n) is 9.99. The zero-order chi connectivity index (χ0) is 22.8. The molecule has 0 bridgehead atoms. The van der Waals surface area contributed by atoms with Crippen LogP contribution in [0.2, 0.25) is 0 Å². The van der Waals surface area contributed by atoms with Gasteiger partial charge in [-0.25, -0.2) is 0 Å². The zero-order valence-electron chi connectivity index (χ0n) is 19.8. The number of ether oxygens (including phenoxy) is 5. The van der Waals surface area contributed by atoms with Crippen molar-refractivity contribution in [2.75, 3.05) is 49.1 Å². The number of methoxy groups -OCH3 is 5. The normalized spacial score (nSPS) is 11.7. The van der Waals surface area contributed by atoms with Crippen molar-refractivity contribution in [3.05, 3.63) is 41.5 Å². The minimum Gasteiger partial charge on any atom is -0.497 e. The van der Waals surface area contributed by atoms with Crippen LogP contribution in [-0.2, 0) is 6.42 Å². The van der Waals surface area contributed by atoms with Crippen molar-refractivity contribution in [1.29, 1.82) is 0 Å². The summed E-state index contributed by atoms with van der Waals surface area (Å²) in [6.45, 7) is 2.67. The van der Waals surface area contributed by atoms with E-state index in [0.717, 1.165) is 34.1 Å². The number of nitrogens with one attached hydrogen (secondary N) is 2. The Morgan fingerprint density at radius 2 is 1.44 bits per heavy atom. The smallest absolute Gasteiger partial charge is 0.191 e. The van der Waals surface area contributed by atoms with Gasteiger partial charge in [-0.2, -0.15) is 0 Å². The minimum absolute atomic E-state index is 0. The van der Waals surface area contributed by atoms with Crippen LogP contribution in [0.4, 0.5) is 0 Å². The van der Waals surface area contributed by atoms with Gasteiger partial charge in [-0.15, -0.1) is 24.0 Å². The summed E-state index contributed by atoms with van der Waals surface area (Å²) in [5, 5.41) is 6.73. The molecule has 9 heteroatoms. The molecular formula is C23H34IN3O5. The first kappa shape index (κ1) is 27.5. The molecule has 0 aromatic heterocycles. The van der Waals surface area contributed by atoms with Gasteiger partial charge in [0.2, 0.25) is 0 Å². The van der Waals surface area contributed by atoms with Gasteiger partial charge in [0, 0.05) is 36.9 Å². The first-order chi connectivity index (χ1) is 15.0. The second-order valence-corrected chi connectivity index (χ2v) is 6.73. The number of guanidine groups is 1. The van der Waals surface area contributed by atoms with E-state index < -0.39 is 0 Å². The molecule has 0 heterocycles. The molecule has 2 N–H and O–H groups in total. The Kier molecular flexibility index (Phi) is 11.8. The highest BCUT2D eigenvalue weighted by Gasteiger charge is 2.16. The molecular weight excluding hydrogens is 525 g/mol. The highest BCUT2D eigenvalue weighted by Crippen LogP contribution is 2.34. The molecule has 0 aliphatic rings. The fraction of sp³-hybridized carbons (Fsp3) is 0.435. The van der Waals surface area contributed by atoms with Crippen LogP contribution in [0, 0.1) is 0 Å². The minimum atomic E-state index is -0.0543. The van der Waals surface area contributed by atoms with E-state index in [1.807, 2.05) is 37.3 Å². The molecule has 0 aliphatic carbocycles. The van der Waals surface area contributed by atoms with Gasteiger partial charge in [-0.1, -0.05) is 0 Å². The van der Waals surface area contributed by atoms with E-state index in [1.54, 1.807) is 42.6 Å². The largest absolute Gasteiger partial charge is 0.497 e. The van der Waals surface area contributed by atoms with Crippen LogP contribution < -0.4 is 34.3 Å². The maximum atomic E-state index is 5.52. The average Bonchev–Trinajstić information content (AvgIpc) is 2.82. The predicted octanol–water partition coefficient (Wildman–Crippen LogP) is 3.82. The average molecular weight is 559 g/mol.